The lowest BCUT2D eigenvalue weighted by Gasteiger charge is -2.08. The molecule has 0 aliphatic rings. The van der Waals surface area contributed by atoms with Crippen molar-refractivity contribution in [3.05, 3.63) is 58.9 Å². The third-order valence-electron chi connectivity index (χ3n) is 2.75. The fourth-order valence-corrected chi connectivity index (χ4v) is 1.59. The number of amides is 1. The standard InChI is InChI=1S/C14H10F3NO2/c1-7-2-3-8(6-11(7)19)18-14(20)9-4-5-10(15)13(17)12(9)16/h2-6,19H,1H3,(H,18,20). The molecule has 0 atom stereocenters. The van der Waals surface area contributed by atoms with Gasteiger partial charge in [-0.25, -0.2) is 13.2 Å². The Hall–Kier alpha value is -2.50. The number of hydrogen-bond acceptors (Lipinski definition) is 2. The number of aryl methyl sites for hydroxylation is 1. The fourth-order valence-electron chi connectivity index (χ4n) is 1.59. The minimum absolute atomic E-state index is 0.0476. The summed E-state index contributed by atoms with van der Waals surface area (Å²) < 4.78 is 39.2. The van der Waals surface area contributed by atoms with E-state index < -0.39 is 28.9 Å². The first-order valence-corrected chi connectivity index (χ1v) is 5.64. The van der Waals surface area contributed by atoms with Gasteiger partial charge < -0.3 is 10.4 Å². The highest BCUT2D eigenvalue weighted by Crippen LogP contribution is 2.22. The molecule has 2 N–H and O–H groups in total. The summed E-state index contributed by atoms with van der Waals surface area (Å²) in [6.07, 6.45) is 0. The number of nitrogens with one attached hydrogen (secondary N) is 1. The normalized spacial score (nSPS) is 10.4. The van der Waals surface area contributed by atoms with Crippen LogP contribution in [-0.4, -0.2) is 11.0 Å². The summed E-state index contributed by atoms with van der Waals surface area (Å²) in [5.41, 5.74) is 0.188. The summed E-state index contributed by atoms with van der Waals surface area (Å²) in [5, 5.41) is 11.8. The summed E-state index contributed by atoms with van der Waals surface area (Å²) in [5.74, 6) is -5.62. The Bertz CT molecular complexity index is 686. The highest BCUT2D eigenvalue weighted by Gasteiger charge is 2.18. The van der Waals surface area contributed by atoms with E-state index in [0.717, 1.165) is 6.07 Å². The molecule has 2 aromatic carbocycles. The quantitative estimate of drug-likeness (QED) is 0.829. The average molecular weight is 281 g/mol. The summed E-state index contributed by atoms with van der Waals surface area (Å²) >= 11 is 0. The average Bonchev–Trinajstić information content (AvgIpc) is 2.40. The lowest BCUT2D eigenvalue weighted by Crippen LogP contribution is -2.15. The maximum absolute atomic E-state index is 13.4. The summed E-state index contributed by atoms with van der Waals surface area (Å²) in [4.78, 5) is 11.8. The molecule has 0 aliphatic heterocycles. The zero-order chi connectivity index (χ0) is 14.9. The lowest BCUT2D eigenvalue weighted by atomic mass is 10.1. The van der Waals surface area contributed by atoms with Gasteiger partial charge in [-0.05, 0) is 30.7 Å². The zero-order valence-electron chi connectivity index (χ0n) is 10.4. The Balaban J connectivity index is 2.28. The van der Waals surface area contributed by atoms with E-state index in [1.165, 1.54) is 12.1 Å². The van der Waals surface area contributed by atoms with E-state index >= 15 is 0 Å². The molecule has 0 fully saturated rings. The van der Waals surface area contributed by atoms with E-state index in [1.54, 1.807) is 13.0 Å². The van der Waals surface area contributed by atoms with Crippen LogP contribution in [0.3, 0.4) is 0 Å². The van der Waals surface area contributed by atoms with E-state index in [0.29, 0.717) is 11.6 Å². The number of hydrogen-bond donors (Lipinski definition) is 2. The molecular weight excluding hydrogens is 271 g/mol. The van der Waals surface area contributed by atoms with Gasteiger partial charge >= 0.3 is 0 Å². The van der Waals surface area contributed by atoms with E-state index in [1.807, 2.05) is 0 Å². The second-order valence-corrected chi connectivity index (χ2v) is 4.18. The monoisotopic (exact) mass is 281 g/mol. The van der Waals surface area contributed by atoms with Crippen molar-refractivity contribution in [3.63, 3.8) is 0 Å². The molecule has 0 saturated carbocycles. The molecule has 104 valence electrons. The van der Waals surface area contributed by atoms with Crippen LogP contribution in [0.4, 0.5) is 18.9 Å². The van der Waals surface area contributed by atoms with Crippen molar-refractivity contribution in [2.45, 2.75) is 6.92 Å². The molecule has 2 rings (SSSR count). The number of benzene rings is 2. The van der Waals surface area contributed by atoms with Gasteiger partial charge in [0.15, 0.2) is 17.5 Å². The van der Waals surface area contributed by atoms with Gasteiger partial charge in [-0.1, -0.05) is 6.07 Å². The van der Waals surface area contributed by atoms with Crippen LogP contribution in [0, 0.1) is 24.4 Å². The molecule has 0 aromatic heterocycles. The molecule has 0 radical (unpaired) electrons. The first-order chi connectivity index (χ1) is 9.40. The van der Waals surface area contributed by atoms with Crippen molar-refractivity contribution in [1.82, 2.24) is 0 Å². The molecule has 20 heavy (non-hydrogen) atoms. The van der Waals surface area contributed by atoms with E-state index in [2.05, 4.69) is 5.32 Å². The minimum Gasteiger partial charge on any atom is -0.508 e. The summed E-state index contributed by atoms with van der Waals surface area (Å²) in [6, 6.07) is 5.82. The van der Waals surface area contributed by atoms with E-state index in [4.69, 9.17) is 0 Å². The van der Waals surface area contributed by atoms with Gasteiger partial charge in [-0.2, -0.15) is 0 Å². The van der Waals surface area contributed by atoms with Crippen LogP contribution < -0.4 is 5.32 Å². The van der Waals surface area contributed by atoms with Crippen molar-refractivity contribution >= 4 is 11.6 Å². The smallest absolute Gasteiger partial charge is 0.258 e. The number of phenolic OH excluding ortho intramolecular Hbond substituents is 1. The second-order valence-electron chi connectivity index (χ2n) is 4.18. The molecule has 0 aliphatic carbocycles. The number of rotatable bonds is 2. The first-order valence-electron chi connectivity index (χ1n) is 5.64. The molecule has 0 spiro atoms. The number of halogens is 3. The number of carbonyl (C=O) groups excluding carboxylic acids is 1. The molecule has 3 nitrogen and oxygen atoms in total. The maximum Gasteiger partial charge on any atom is 0.258 e. The molecule has 6 heteroatoms. The molecule has 2 aromatic rings. The van der Waals surface area contributed by atoms with Crippen LogP contribution in [0.2, 0.25) is 0 Å². The molecule has 1 amide bonds. The highest BCUT2D eigenvalue weighted by atomic mass is 19.2. The molecule has 0 unspecified atom stereocenters. The molecule has 0 bridgehead atoms. The number of carbonyl (C=O) groups is 1. The lowest BCUT2D eigenvalue weighted by molar-refractivity contribution is 0.102. The molecular formula is C14H10F3NO2. The van der Waals surface area contributed by atoms with Crippen molar-refractivity contribution in [1.29, 1.82) is 0 Å². The van der Waals surface area contributed by atoms with Crippen LogP contribution in [-0.2, 0) is 0 Å². The van der Waals surface area contributed by atoms with Gasteiger partial charge in [-0.3, -0.25) is 4.79 Å². The van der Waals surface area contributed by atoms with Crippen LogP contribution in [0.1, 0.15) is 15.9 Å². The predicted molar refractivity (Wildman–Crippen MR) is 67.1 cm³/mol. The Morgan fingerprint density at radius 1 is 1.10 bits per heavy atom. The predicted octanol–water partition coefficient (Wildman–Crippen LogP) is 3.37. The van der Waals surface area contributed by atoms with Gasteiger partial charge in [0.25, 0.3) is 5.91 Å². The number of anilines is 1. The zero-order valence-corrected chi connectivity index (χ0v) is 10.4. The van der Waals surface area contributed by atoms with E-state index in [-0.39, 0.29) is 11.4 Å². The van der Waals surface area contributed by atoms with Crippen molar-refractivity contribution in [3.8, 4) is 5.75 Å². The van der Waals surface area contributed by atoms with Crippen molar-refractivity contribution in [2.75, 3.05) is 5.32 Å². The highest BCUT2D eigenvalue weighted by molar-refractivity contribution is 6.04. The van der Waals surface area contributed by atoms with Gasteiger partial charge in [0.2, 0.25) is 0 Å². The molecule has 0 heterocycles. The summed E-state index contributed by atoms with van der Waals surface area (Å²) in [7, 11) is 0. The third-order valence-corrected chi connectivity index (χ3v) is 2.75. The van der Waals surface area contributed by atoms with Gasteiger partial charge in [-0.15, -0.1) is 0 Å². The Morgan fingerprint density at radius 2 is 1.80 bits per heavy atom. The van der Waals surface area contributed by atoms with Crippen LogP contribution >= 0.6 is 0 Å². The van der Waals surface area contributed by atoms with Crippen LogP contribution in [0.15, 0.2) is 30.3 Å². The van der Waals surface area contributed by atoms with Gasteiger partial charge in [0.1, 0.15) is 5.75 Å². The minimum atomic E-state index is -1.70. The third kappa shape index (κ3) is 2.59. The second kappa shape index (κ2) is 5.24. The Labute approximate surface area is 112 Å². The first kappa shape index (κ1) is 13.9. The Kier molecular flexibility index (Phi) is 3.65. The maximum atomic E-state index is 13.4. The number of phenols is 1. The molecule has 0 saturated heterocycles. The number of aromatic hydroxyl groups is 1. The largest absolute Gasteiger partial charge is 0.508 e. The van der Waals surface area contributed by atoms with E-state index in [9.17, 15) is 23.1 Å². The van der Waals surface area contributed by atoms with Crippen LogP contribution in [0.25, 0.3) is 0 Å². The topological polar surface area (TPSA) is 49.3 Å². The van der Waals surface area contributed by atoms with Crippen LogP contribution in [0.5, 0.6) is 5.75 Å². The SMILES string of the molecule is Cc1ccc(NC(=O)c2ccc(F)c(F)c2F)cc1O. The summed E-state index contributed by atoms with van der Waals surface area (Å²) in [6.45, 7) is 1.66. The fraction of sp³-hybridized carbons (Fsp3) is 0.0714. The van der Waals surface area contributed by atoms with Gasteiger partial charge in [0, 0.05) is 11.8 Å². The van der Waals surface area contributed by atoms with Gasteiger partial charge in [0.05, 0.1) is 5.56 Å². The Morgan fingerprint density at radius 3 is 2.45 bits per heavy atom. The van der Waals surface area contributed by atoms with Crippen molar-refractivity contribution < 1.29 is 23.1 Å². The van der Waals surface area contributed by atoms with Crippen molar-refractivity contribution in [2.24, 2.45) is 0 Å².